The maximum Gasteiger partial charge on any atom is 0.193 e. The van der Waals surface area contributed by atoms with E-state index in [9.17, 15) is 0 Å². The van der Waals surface area contributed by atoms with Gasteiger partial charge in [-0.1, -0.05) is 249 Å². The summed E-state index contributed by atoms with van der Waals surface area (Å²) in [5.74, 6) is 0.0807. The summed E-state index contributed by atoms with van der Waals surface area (Å²) in [4.78, 5) is 15.9. The highest BCUT2D eigenvalue weighted by Crippen LogP contribution is 2.64. The first-order valence-electron chi connectivity index (χ1n) is 30.8. The molecule has 0 aliphatic heterocycles. The lowest BCUT2D eigenvalue weighted by Crippen LogP contribution is -2.27. The number of hydrogen-bond acceptors (Lipinski definition) is 1. The van der Waals surface area contributed by atoms with Crippen LogP contribution in [-0.2, 0) is 10.8 Å². The number of hydrogen-bond donors (Lipinski definition) is 0. The Labute approximate surface area is 482 Å². The second-order valence-electron chi connectivity index (χ2n) is 24.0. The summed E-state index contributed by atoms with van der Waals surface area (Å²) in [7, 11) is 0. The Hall–Kier alpha value is -8.53. The summed E-state index contributed by atoms with van der Waals surface area (Å²) in [5.41, 5.74) is 22.8. The van der Waals surface area contributed by atoms with E-state index in [1.807, 2.05) is 0 Å². The van der Waals surface area contributed by atoms with Crippen LogP contribution >= 0.6 is 0 Å². The van der Waals surface area contributed by atoms with Crippen LogP contribution in [0.3, 0.4) is 0 Å². The van der Waals surface area contributed by atoms with Gasteiger partial charge < -0.3 is 9.13 Å². The van der Waals surface area contributed by atoms with Gasteiger partial charge in [-0.15, -0.1) is 0 Å². The van der Waals surface area contributed by atoms with Gasteiger partial charge in [-0.3, -0.25) is 4.79 Å². The first-order valence-corrected chi connectivity index (χ1v) is 30.8. The average molecular weight is 1060 g/mol. The molecule has 0 unspecified atom stereocenters. The van der Waals surface area contributed by atoms with Crippen molar-refractivity contribution in [3.63, 3.8) is 0 Å². The smallest absolute Gasteiger partial charge is 0.193 e. The molecule has 0 saturated carbocycles. The molecule has 0 N–H and O–H groups in total. The predicted molar refractivity (Wildman–Crippen MR) is 343 cm³/mol. The molecule has 3 aliphatic rings. The third-order valence-corrected chi connectivity index (χ3v) is 19.5. The molecule has 0 atom stereocenters. The zero-order valence-electron chi connectivity index (χ0n) is 47.5. The van der Waals surface area contributed by atoms with Gasteiger partial charge in [0.2, 0.25) is 0 Å². The van der Waals surface area contributed by atoms with Crippen molar-refractivity contribution in [3.8, 4) is 44.8 Å². The van der Waals surface area contributed by atoms with Crippen molar-refractivity contribution in [2.24, 2.45) is 0 Å². The molecule has 3 nitrogen and oxygen atoms in total. The molecule has 3 aliphatic carbocycles. The van der Waals surface area contributed by atoms with E-state index in [1.54, 1.807) is 0 Å². The third kappa shape index (κ3) is 7.64. The molecule has 0 saturated heterocycles. The minimum absolute atomic E-state index is 0.0807. The molecule has 2 aromatic heterocycles. The highest BCUT2D eigenvalue weighted by atomic mass is 16.1. The van der Waals surface area contributed by atoms with Crippen molar-refractivity contribution >= 4 is 49.4 Å². The summed E-state index contributed by atoms with van der Waals surface area (Å²) in [6, 6.07) is 81.4. The monoisotopic (exact) mass is 1060 g/mol. The Morgan fingerprint density at radius 1 is 0.317 bits per heavy atom. The SMILES string of the molecule is CCCCCCCCC1(CCCCCCCC)c2ccccc2-c2ccc(C(=O)c3ccc4c(c3)C3(c5ccccc5-4)c4cc(-n5c6ccccc6c6ccccc65)ccc4-c4ccc(-n5c6ccccc6c6ccccc65)cc43)cc21. The Balaban J connectivity index is 0.916. The quantitative estimate of drug-likeness (QED) is 0.0621. The van der Waals surface area contributed by atoms with Gasteiger partial charge >= 0.3 is 0 Å². The Bertz CT molecular complexity index is 4200. The van der Waals surface area contributed by atoms with Gasteiger partial charge in [0.15, 0.2) is 5.78 Å². The Morgan fingerprint density at radius 3 is 1.13 bits per heavy atom. The van der Waals surface area contributed by atoms with Gasteiger partial charge in [0, 0.05) is 49.5 Å². The fraction of sp³-hybridized carbons (Fsp3) is 0.228. The van der Waals surface area contributed by atoms with E-state index in [0.29, 0.717) is 0 Å². The van der Waals surface area contributed by atoms with Crippen LogP contribution in [0.25, 0.3) is 88.4 Å². The lowest BCUT2D eigenvalue weighted by molar-refractivity contribution is 0.103. The van der Waals surface area contributed by atoms with E-state index in [0.717, 1.165) is 40.9 Å². The molecule has 0 bridgehead atoms. The number of carbonyl (C=O) groups is 1. The van der Waals surface area contributed by atoms with E-state index in [1.165, 1.54) is 182 Å². The van der Waals surface area contributed by atoms with Gasteiger partial charge in [-0.2, -0.15) is 0 Å². The lowest BCUT2D eigenvalue weighted by Gasteiger charge is -2.33. The van der Waals surface area contributed by atoms with Crippen LogP contribution in [0.15, 0.2) is 218 Å². The van der Waals surface area contributed by atoms with Crippen molar-refractivity contribution in [2.45, 2.75) is 115 Å². The summed E-state index contributed by atoms with van der Waals surface area (Å²) in [5, 5.41) is 4.96. The highest BCUT2D eigenvalue weighted by molar-refractivity contribution is 6.12. The molecule has 1 spiro atoms. The van der Waals surface area contributed by atoms with Gasteiger partial charge in [0.1, 0.15) is 0 Å². The molecule has 3 heteroatoms. The molecule has 82 heavy (non-hydrogen) atoms. The highest BCUT2D eigenvalue weighted by Gasteiger charge is 2.52. The largest absolute Gasteiger partial charge is 0.309 e. The summed E-state index contributed by atoms with van der Waals surface area (Å²) in [6.07, 6.45) is 17.4. The number of nitrogens with zero attached hydrogens (tertiary/aromatic N) is 2. The van der Waals surface area contributed by atoms with Crippen LogP contribution in [0.1, 0.15) is 153 Å². The fourth-order valence-electron chi connectivity index (χ4n) is 15.8. The second kappa shape index (κ2) is 20.5. The standard InChI is InChI=1S/C79H70N2O/c1-3-5-7-9-11-25-47-78(48-26-12-10-8-6-4-2)67-33-19-13-27-57(67)59-43-39-53(49-69(59)78)77(82)54-40-44-60-58-28-14-20-34-68(58)79(70(60)50-54)71-51-55(80-73-35-21-15-29-63(73)64-30-16-22-36-74(64)80)41-45-61(71)62-46-42-56(52-72(62)79)81-75-37-23-17-31-65(75)66-32-18-24-38-76(66)81/h13-24,27-46,49-52H,3-12,25-26,47-48H2,1-2H3. The molecule has 0 amide bonds. The predicted octanol–water partition coefficient (Wildman–Crippen LogP) is 21.2. The number of unbranched alkanes of at least 4 members (excludes halogenated alkanes) is 10. The number of rotatable bonds is 18. The number of fused-ring (bicyclic) bond motifs is 19. The molecule has 10 aromatic carbocycles. The van der Waals surface area contributed by atoms with E-state index in [4.69, 9.17) is 0 Å². The average Bonchev–Trinajstić information content (AvgIpc) is 2.08. The van der Waals surface area contributed by atoms with Crippen molar-refractivity contribution in [1.29, 1.82) is 0 Å². The summed E-state index contributed by atoms with van der Waals surface area (Å²) < 4.78 is 4.91. The van der Waals surface area contributed by atoms with E-state index in [2.05, 4.69) is 241 Å². The molecular formula is C79H70N2O. The number of carbonyl (C=O) groups excluding carboxylic acids is 1. The zero-order chi connectivity index (χ0) is 54.9. The first-order chi connectivity index (χ1) is 40.5. The normalized spacial score (nSPS) is 13.9. The van der Waals surface area contributed by atoms with Gasteiger partial charge in [0.25, 0.3) is 0 Å². The molecule has 0 fully saturated rings. The molecular weight excluding hydrogens is 993 g/mol. The Morgan fingerprint density at radius 2 is 0.659 bits per heavy atom. The maximum absolute atomic E-state index is 15.9. The molecule has 15 rings (SSSR count). The van der Waals surface area contributed by atoms with Crippen molar-refractivity contribution in [1.82, 2.24) is 9.13 Å². The topological polar surface area (TPSA) is 26.9 Å². The zero-order valence-corrected chi connectivity index (χ0v) is 47.5. The van der Waals surface area contributed by atoms with Crippen LogP contribution in [-0.4, -0.2) is 14.9 Å². The third-order valence-electron chi connectivity index (χ3n) is 19.5. The van der Waals surface area contributed by atoms with E-state index < -0.39 is 5.41 Å². The molecule has 402 valence electrons. The Kier molecular flexibility index (Phi) is 12.6. The molecule has 0 radical (unpaired) electrons. The van der Waals surface area contributed by atoms with E-state index in [-0.39, 0.29) is 11.2 Å². The lowest BCUT2D eigenvalue weighted by atomic mass is 9.69. The first kappa shape index (κ1) is 50.4. The molecule has 12 aromatic rings. The van der Waals surface area contributed by atoms with Gasteiger partial charge in [0.05, 0.1) is 27.5 Å². The minimum Gasteiger partial charge on any atom is -0.309 e. The van der Waals surface area contributed by atoms with E-state index >= 15 is 4.79 Å². The number of aromatic nitrogens is 2. The van der Waals surface area contributed by atoms with Crippen LogP contribution in [0.4, 0.5) is 0 Å². The summed E-state index contributed by atoms with van der Waals surface area (Å²) >= 11 is 0. The number of ketones is 1. The van der Waals surface area contributed by atoms with Crippen molar-refractivity contribution < 1.29 is 4.79 Å². The van der Waals surface area contributed by atoms with Crippen LogP contribution in [0.5, 0.6) is 0 Å². The van der Waals surface area contributed by atoms with Crippen molar-refractivity contribution in [3.05, 3.63) is 263 Å². The van der Waals surface area contributed by atoms with Crippen molar-refractivity contribution in [2.75, 3.05) is 0 Å². The second-order valence-corrected chi connectivity index (χ2v) is 24.0. The minimum atomic E-state index is -0.751. The fourth-order valence-corrected chi connectivity index (χ4v) is 15.8. The number of benzene rings is 10. The molecule has 2 heterocycles. The van der Waals surface area contributed by atoms with Gasteiger partial charge in [-0.05, 0) is 140 Å². The number of para-hydroxylation sites is 4. The van der Waals surface area contributed by atoms with Crippen LogP contribution in [0, 0.1) is 0 Å². The van der Waals surface area contributed by atoms with Crippen LogP contribution < -0.4 is 0 Å². The van der Waals surface area contributed by atoms with Crippen LogP contribution in [0.2, 0.25) is 0 Å². The summed E-state index contributed by atoms with van der Waals surface area (Å²) in [6.45, 7) is 4.61. The van der Waals surface area contributed by atoms with Gasteiger partial charge in [-0.25, -0.2) is 0 Å². The maximum atomic E-state index is 15.9.